The molecule has 1 aromatic carbocycles. The number of hydrogen-bond donors (Lipinski definition) is 0. The van der Waals surface area contributed by atoms with E-state index in [1.54, 1.807) is 22.0 Å². The Bertz CT molecular complexity index is 1270. The predicted molar refractivity (Wildman–Crippen MR) is 125 cm³/mol. The standard InChI is InChI=1S/C25H26N6O2/c1-28-15-19(13-27-28)25(33)31-8-7-30(22-11-23(22)31)20-10-18(12-26-14-20)16-3-5-21-17(9-16)4-6-24(32)29(21)2/h3,5,9-10,12-15,22-23H,4,6-8,11H2,1-2H3/t22-,23+/m1/s1. The number of aryl methyl sites for hydroxylation is 2. The first-order valence-electron chi connectivity index (χ1n) is 11.4. The first-order chi connectivity index (χ1) is 16.0. The van der Waals surface area contributed by atoms with Gasteiger partial charge in [0.1, 0.15) is 0 Å². The van der Waals surface area contributed by atoms with Crippen LogP contribution < -0.4 is 9.80 Å². The van der Waals surface area contributed by atoms with Crippen LogP contribution in [0.25, 0.3) is 11.1 Å². The third-order valence-electron chi connectivity index (χ3n) is 7.13. The quantitative estimate of drug-likeness (QED) is 0.623. The molecule has 6 rings (SSSR count). The molecule has 8 heteroatoms. The van der Waals surface area contributed by atoms with Crippen LogP contribution in [0.4, 0.5) is 11.4 Å². The van der Waals surface area contributed by atoms with Crippen LogP contribution in [-0.2, 0) is 18.3 Å². The van der Waals surface area contributed by atoms with Gasteiger partial charge in [-0.05, 0) is 42.2 Å². The number of anilines is 2. The average molecular weight is 443 g/mol. The number of hydrogen-bond acceptors (Lipinski definition) is 5. The minimum atomic E-state index is 0.0691. The molecule has 1 saturated heterocycles. The minimum Gasteiger partial charge on any atom is -0.363 e. The molecule has 1 aliphatic carbocycles. The number of aromatic nitrogens is 3. The molecule has 2 aliphatic heterocycles. The third kappa shape index (κ3) is 3.37. The average Bonchev–Trinajstić information content (AvgIpc) is 3.53. The van der Waals surface area contributed by atoms with Crippen molar-refractivity contribution in [2.24, 2.45) is 7.05 Å². The normalized spacial score (nSPS) is 21.6. The van der Waals surface area contributed by atoms with Gasteiger partial charge in [-0.25, -0.2) is 0 Å². The van der Waals surface area contributed by atoms with E-state index in [-0.39, 0.29) is 17.9 Å². The summed E-state index contributed by atoms with van der Waals surface area (Å²) < 4.78 is 1.67. The zero-order valence-electron chi connectivity index (χ0n) is 18.8. The number of carbonyl (C=O) groups is 2. The van der Waals surface area contributed by atoms with Gasteiger partial charge in [0.15, 0.2) is 0 Å². The van der Waals surface area contributed by atoms with E-state index in [0.29, 0.717) is 24.6 Å². The Morgan fingerprint density at radius 2 is 1.88 bits per heavy atom. The van der Waals surface area contributed by atoms with Crippen molar-refractivity contribution in [2.75, 3.05) is 29.9 Å². The Morgan fingerprint density at radius 3 is 2.70 bits per heavy atom. The van der Waals surface area contributed by atoms with Crippen molar-refractivity contribution in [3.8, 4) is 11.1 Å². The first kappa shape index (κ1) is 20.0. The highest BCUT2D eigenvalue weighted by atomic mass is 16.2. The molecule has 4 heterocycles. The highest BCUT2D eigenvalue weighted by Gasteiger charge is 2.51. The Hall–Kier alpha value is -3.68. The molecule has 2 atom stereocenters. The smallest absolute Gasteiger partial charge is 0.257 e. The highest BCUT2D eigenvalue weighted by Crippen LogP contribution is 2.41. The van der Waals surface area contributed by atoms with Crippen molar-refractivity contribution in [2.45, 2.75) is 31.3 Å². The van der Waals surface area contributed by atoms with Crippen molar-refractivity contribution < 1.29 is 9.59 Å². The summed E-state index contributed by atoms with van der Waals surface area (Å²) in [5.74, 6) is 0.235. The molecule has 2 fully saturated rings. The van der Waals surface area contributed by atoms with Gasteiger partial charge in [0.25, 0.3) is 5.91 Å². The number of nitrogens with zero attached hydrogens (tertiary/aromatic N) is 6. The van der Waals surface area contributed by atoms with Gasteiger partial charge in [-0.15, -0.1) is 0 Å². The molecule has 8 nitrogen and oxygen atoms in total. The molecule has 168 valence electrons. The summed E-state index contributed by atoms with van der Waals surface area (Å²) in [7, 11) is 3.67. The number of pyridine rings is 1. The second-order valence-electron chi connectivity index (χ2n) is 9.19. The molecule has 0 N–H and O–H groups in total. The molecule has 2 amide bonds. The Balaban J connectivity index is 1.21. The number of carbonyl (C=O) groups excluding carboxylic acids is 2. The molecule has 0 spiro atoms. The van der Waals surface area contributed by atoms with Gasteiger partial charge in [0, 0.05) is 57.3 Å². The molecule has 0 radical (unpaired) electrons. The first-order valence-corrected chi connectivity index (χ1v) is 11.4. The summed E-state index contributed by atoms with van der Waals surface area (Å²) in [5.41, 5.74) is 6.13. The van der Waals surface area contributed by atoms with E-state index in [1.807, 2.05) is 37.5 Å². The maximum absolute atomic E-state index is 12.9. The molecule has 33 heavy (non-hydrogen) atoms. The zero-order valence-corrected chi connectivity index (χ0v) is 18.8. The summed E-state index contributed by atoms with van der Waals surface area (Å²) in [4.78, 5) is 35.6. The second kappa shape index (κ2) is 7.43. The fourth-order valence-corrected chi connectivity index (χ4v) is 5.24. The van der Waals surface area contributed by atoms with Gasteiger partial charge in [-0.3, -0.25) is 19.3 Å². The number of amides is 2. The van der Waals surface area contributed by atoms with Gasteiger partial charge >= 0.3 is 0 Å². The number of piperazine rings is 1. The number of fused-ring (bicyclic) bond motifs is 2. The maximum atomic E-state index is 12.9. The van der Waals surface area contributed by atoms with Crippen molar-refractivity contribution >= 4 is 23.2 Å². The molecule has 0 unspecified atom stereocenters. The van der Waals surface area contributed by atoms with Crippen LogP contribution in [0.3, 0.4) is 0 Å². The van der Waals surface area contributed by atoms with Gasteiger partial charge < -0.3 is 14.7 Å². The lowest BCUT2D eigenvalue weighted by atomic mass is 9.96. The van der Waals surface area contributed by atoms with Crippen LogP contribution in [0.1, 0.15) is 28.8 Å². The summed E-state index contributed by atoms with van der Waals surface area (Å²) in [6, 6.07) is 9.06. The van der Waals surface area contributed by atoms with Gasteiger partial charge in [-0.1, -0.05) is 6.07 Å². The lowest BCUT2D eigenvalue weighted by Crippen LogP contribution is -2.48. The molecule has 3 aliphatic rings. The van der Waals surface area contributed by atoms with E-state index in [2.05, 4.69) is 33.2 Å². The molecule has 1 saturated carbocycles. The number of benzene rings is 1. The largest absolute Gasteiger partial charge is 0.363 e. The van der Waals surface area contributed by atoms with Crippen molar-refractivity contribution in [1.82, 2.24) is 19.7 Å². The summed E-state index contributed by atoms with van der Waals surface area (Å²) in [6.45, 7) is 1.48. The van der Waals surface area contributed by atoms with E-state index in [0.717, 1.165) is 41.9 Å². The molecule has 3 aromatic rings. The van der Waals surface area contributed by atoms with Crippen molar-refractivity contribution in [3.05, 3.63) is 60.2 Å². The fraction of sp³-hybridized carbons (Fsp3) is 0.360. The Kier molecular flexibility index (Phi) is 4.50. The van der Waals surface area contributed by atoms with E-state index in [4.69, 9.17) is 0 Å². The van der Waals surface area contributed by atoms with E-state index < -0.39 is 0 Å². The Labute approximate surface area is 192 Å². The van der Waals surface area contributed by atoms with Crippen molar-refractivity contribution in [3.63, 3.8) is 0 Å². The third-order valence-corrected chi connectivity index (χ3v) is 7.13. The van der Waals surface area contributed by atoms with Crippen LogP contribution in [0.2, 0.25) is 0 Å². The number of rotatable bonds is 3. The van der Waals surface area contributed by atoms with Crippen LogP contribution in [0, 0.1) is 0 Å². The highest BCUT2D eigenvalue weighted by molar-refractivity contribution is 5.96. The summed E-state index contributed by atoms with van der Waals surface area (Å²) in [6.07, 6.45) is 9.55. The molecule has 0 bridgehead atoms. The van der Waals surface area contributed by atoms with E-state index in [1.165, 1.54) is 5.56 Å². The minimum absolute atomic E-state index is 0.0691. The van der Waals surface area contributed by atoms with Crippen LogP contribution >= 0.6 is 0 Å². The molecular weight excluding hydrogens is 416 g/mol. The van der Waals surface area contributed by atoms with E-state index >= 15 is 0 Å². The van der Waals surface area contributed by atoms with Gasteiger partial charge in [0.2, 0.25) is 5.91 Å². The lowest BCUT2D eigenvalue weighted by Gasteiger charge is -2.35. The van der Waals surface area contributed by atoms with Crippen molar-refractivity contribution in [1.29, 1.82) is 0 Å². The van der Waals surface area contributed by atoms with E-state index in [9.17, 15) is 9.59 Å². The maximum Gasteiger partial charge on any atom is 0.257 e. The molecular formula is C25H26N6O2. The molecule has 2 aromatic heterocycles. The van der Waals surface area contributed by atoms with Gasteiger partial charge in [-0.2, -0.15) is 5.10 Å². The second-order valence-corrected chi connectivity index (χ2v) is 9.19. The summed E-state index contributed by atoms with van der Waals surface area (Å²) in [5, 5.41) is 4.14. The predicted octanol–water partition coefficient (Wildman–Crippen LogP) is 2.49. The fourth-order valence-electron chi connectivity index (χ4n) is 5.24. The topological polar surface area (TPSA) is 74.6 Å². The summed E-state index contributed by atoms with van der Waals surface area (Å²) >= 11 is 0. The lowest BCUT2D eigenvalue weighted by molar-refractivity contribution is -0.118. The SMILES string of the molecule is CN1C(=O)CCc2cc(-c3cncc(N4CCN(C(=O)c5cnn(C)c5)[C@H]5C[C@H]54)c3)ccc21. The van der Waals surface area contributed by atoms with Crippen LogP contribution in [0.15, 0.2) is 49.1 Å². The monoisotopic (exact) mass is 442 g/mol. The van der Waals surface area contributed by atoms with Crippen LogP contribution in [-0.4, -0.2) is 63.7 Å². The zero-order chi connectivity index (χ0) is 22.7. The van der Waals surface area contributed by atoms with Crippen LogP contribution in [0.5, 0.6) is 0 Å². The Morgan fingerprint density at radius 1 is 1.00 bits per heavy atom. The van der Waals surface area contributed by atoms with Gasteiger partial charge in [0.05, 0.1) is 35.7 Å².